The van der Waals surface area contributed by atoms with Crippen LogP contribution in [0.4, 0.5) is 4.79 Å². The molecule has 1 N–H and O–H groups in total. The molecule has 0 unspecified atom stereocenters. The van der Waals surface area contributed by atoms with Gasteiger partial charge in [0.1, 0.15) is 0 Å². The van der Waals surface area contributed by atoms with Crippen molar-refractivity contribution in [2.45, 2.75) is 6.42 Å². The average molecular weight is 282 g/mol. The van der Waals surface area contributed by atoms with Crippen molar-refractivity contribution >= 4 is 27.6 Å². The second-order valence-electron chi connectivity index (χ2n) is 3.69. The minimum absolute atomic E-state index is 0.478. The third-order valence-electron chi connectivity index (χ3n) is 2.70. The summed E-state index contributed by atoms with van der Waals surface area (Å²) in [6, 6.07) is 8.01. The summed E-state index contributed by atoms with van der Waals surface area (Å²) in [6.45, 7) is 1.05. The number of nitrogens with zero attached hydrogens (tertiary/aromatic N) is 1. The summed E-state index contributed by atoms with van der Waals surface area (Å²) in [6.07, 6.45) is 1.91. The highest BCUT2D eigenvalue weighted by Gasteiger charge is 2.17. The van der Waals surface area contributed by atoms with Crippen LogP contribution in [-0.4, -0.2) is 29.2 Å². The topological polar surface area (TPSA) is 40.5 Å². The molecule has 3 nitrogen and oxygen atoms in total. The standard InChI is InChI=1S/C12H12BrNO2/c13-11-4-2-1-3-10(11)9-5-7-14(8-6-9)12(15)16/h1-5H,6-8H2,(H,15,16). The SMILES string of the molecule is O=C(O)N1CC=C(c2ccccc2Br)CC1. The van der Waals surface area contributed by atoms with Crippen molar-refractivity contribution in [1.82, 2.24) is 4.90 Å². The largest absolute Gasteiger partial charge is 0.465 e. The molecule has 1 aromatic rings. The fourth-order valence-corrected chi connectivity index (χ4v) is 2.35. The molecule has 1 aliphatic rings. The van der Waals surface area contributed by atoms with Gasteiger partial charge in [0.05, 0.1) is 0 Å². The van der Waals surface area contributed by atoms with Gasteiger partial charge in [0.15, 0.2) is 0 Å². The van der Waals surface area contributed by atoms with Crippen LogP contribution in [0.2, 0.25) is 0 Å². The van der Waals surface area contributed by atoms with Gasteiger partial charge in [-0.3, -0.25) is 0 Å². The van der Waals surface area contributed by atoms with Gasteiger partial charge in [0, 0.05) is 17.6 Å². The van der Waals surface area contributed by atoms with Crippen molar-refractivity contribution in [3.05, 3.63) is 40.4 Å². The van der Waals surface area contributed by atoms with Crippen LogP contribution in [0.5, 0.6) is 0 Å². The van der Waals surface area contributed by atoms with Gasteiger partial charge in [-0.2, -0.15) is 0 Å². The highest BCUT2D eigenvalue weighted by atomic mass is 79.9. The number of hydrogen-bond acceptors (Lipinski definition) is 1. The monoisotopic (exact) mass is 281 g/mol. The number of hydrogen-bond donors (Lipinski definition) is 1. The van der Waals surface area contributed by atoms with Gasteiger partial charge in [-0.1, -0.05) is 40.2 Å². The van der Waals surface area contributed by atoms with Crippen LogP contribution in [0.1, 0.15) is 12.0 Å². The predicted octanol–water partition coefficient (Wildman–Crippen LogP) is 3.22. The van der Waals surface area contributed by atoms with Crippen molar-refractivity contribution in [1.29, 1.82) is 0 Å². The highest BCUT2D eigenvalue weighted by molar-refractivity contribution is 9.10. The van der Waals surface area contributed by atoms with E-state index in [0.717, 1.165) is 16.5 Å². The van der Waals surface area contributed by atoms with E-state index in [0.29, 0.717) is 13.1 Å². The second-order valence-corrected chi connectivity index (χ2v) is 4.54. The third-order valence-corrected chi connectivity index (χ3v) is 3.39. The lowest BCUT2D eigenvalue weighted by molar-refractivity contribution is 0.150. The van der Waals surface area contributed by atoms with Crippen LogP contribution < -0.4 is 0 Å². The first-order valence-electron chi connectivity index (χ1n) is 5.10. The summed E-state index contributed by atoms with van der Waals surface area (Å²) >= 11 is 3.51. The van der Waals surface area contributed by atoms with Gasteiger partial charge in [-0.05, 0) is 23.6 Å². The lowest BCUT2D eigenvalue weighted by Crippen LogP contribution is -2.33. The van der Waals surface area contributed by atoms with E-state index in [9.17, 15) is 4.79 Å². The Balaban J connectivity index is 2.19. The first kappa shape index (κ1) is 11.2. The quantitative estimate of drug-likeness (QED) is 0.859. The Hall–Kier alpha value is -1.29. The van der Waals surface area contributed by atoms with Crippen LogP contribution in [0.25, 0.3) is 5.57 Å². The van der Waals surface area contributed by atoms with Crippen molar-refractivity contribution in [2.75, 3.05) is 13.1 Å². The fourth-order valence-electron chi connectivity index (χ4n) is 1.81. The lowest BCUT2D eigenvalue weighted by atomic mass is 10.00. The molecule has 1 aliphatic heterocycles. The summed E-state index contributed by atoms with van der Waals surface area (Å²) in [5, 5.41) is 8.84. The van der Waals surface area contributed by atoms with E-state index >= 15 is 0 Å². The van der Waals surface area contributed by atoms with Gasteiger partial charge in [-0.25, -0.2) is 4.79 Å². The molecule has 2 rings (SSSR count). The summed E-state index contributed by atoms with van der Waals surface area (Å²) in [7, 11) is 0. The molecule has 0 saturated carbocycles. The molecule has 4 heteroatoms. The minimum atomic E-state index is -0.845. The van der Waals surface area contributed by atoms with Gasteiger partial charge >= 0.3 is 6.09 Å². The van der Waals surface area contributed by atoms with E-state index in [1.807, 2.05) is 30.3 Å². The number of rotatable bonds is 1. The molecule has 0 bridgehead atoms. The molecule has 1 amide bonds. The Kier molecular flexibility index (Phi) is 3.29. The zero-order valence-corrected chi connectivity index (χ0v) is 10.3. The van der Waals surface area contributed by atoms with Crippen LogP contribution in [-0.2, 0) is 0 Å². The zero-order valence-electron chi connectivity index (χ0n) is 8.69. The van der Waals surface area contributed by atoms with Gasteiger partial charge < -0.3 is 10.0 Å². The Morgan fingerprint density at radius 1 is 1.38 bits per heavy atom. The van der Waals surface area contributed by atoms with E-state index in [1.165, 1.54) is 10.5 Å². The van der Waals surface area contributed by atoms with E-state index in [1.54, 1.807) is 0 Å². The second kappa shape index (κ2) is 4.70. The summed E-state index contributed by atoms with van der Waals surface area (Å²) in [5.41, 5.74) is 2.37. The Morgan fingerprint density at radius 2 is 2.12 bits per heavy atom. The van der Waals surface area contributed by atoms with Crippen molar-refractivity contribution in [3.8, 4) is 0 Å². The number of halogens is 1. The Morgan fingerprint density at radius 3 is 2.69 bits per heavy atom. The molecule has 0 radical (unpaired) electrons. The molecule has 0 fully saturated rings. The fraction of sp³-hybridized carbons (Fsp3) is 0.250. The van der Waals surface area contributed by atoms with Crippen LogP contribution in [0.3, 0.4) is 0 Å². The molecule has 84 valence electrons. The maximum absolute atomic E-state index is 10.8. The summed E-state index contributed by atoms with van der Waals surface area (Å²) < 4.78 is 1.06. The lowest BCUT2D eigenvalue weighted by Gasteiger charge is -2.24. The van der Waals surface area contributed by atoms with Crippen molar-refractivity contribution < 1.29 is 9.90 Å². The molecule has 0 aromatic heterocycles. The maximum Gasteiger partial charge on any atom is 0.407 e. The first-order valence-corrected chi connectivity index (χ1v) is 5.89. The summed E-state index contributed by atoms with van der Waals surface area (Å²) in [5.74, 6) is 0. The van der Waals surface area contributed by atoms with E-state index in [4.69, 9.17) is 5.11 Å². The molecule has 16 heavy (non-hydrogen) atoms. The number of carbonyl (C=O) groups is 1. The average Bonchev–Trinajstić information content (AvgIpc) is 2.30. The Labute approximate surface area is 103 Å². The normalized spacial score (nSPS) is 15.8. The zero-order chi connectivity index (χ0) is 11.5. The van der Waals surface area contributed by atoms with Crippen LogP contribution in [0, 0.1) is 0 Å². The van der Waals surface area contributed by atoms with Crippen molar-refractivity contribution in [3.63, 3.8) is 0 Å². The Bertz CT molecular complexity index is 442. The van der Waals surface area contributed by atoms with E-state index < -0.39 is 6.09 Å². The molecule has 0 saturated heterocycles. The molecular weight excluding hydrogens is 270 g/mol. The van der Waals surface area contributed by atoms with Gasteiger partial charge in [-0.15, -0.1) is 0 Å². The van der Waals surface area contributed by atoms with Gasteiger partial charge in [0.25, 0.3) is 0 Å². The van der Waals surface area contributed by atoms with Gasteiger partial charge in [0.2, 0.25) is 0 Å². The molecular formula is C12H12BrNO2. The van der Waals surface area contributed by atoms with E-state index in [-0.39, 0.29) is 0 Å². The molecule has 1 aromatic carbocycles. The first-order chi connectivity index (χ1) is 7.68. The van der Waals surface area contributed by atoms with Crippen molar-refractivity contribution in [2.24, 2.45) is 0 Å². The molecule has 0 spiro atoms. The third kappa shape index (κ3) is 2.27. The maximum atomic E-state index is 10.8. The highest BCUT2D eigenvalue weighted by Crippen LogP contribution is 2.28. The van der Waals surface area contributed by atoms with E-state index in [2.05, 4.69) is 15.9 Å². The molecule has 0 aliphatic carbocycles. The summed E-state index contributed by atoms with van der Waals surface area (Å²) in [4.78, 5) is 12.2. The number of carboxylic acid groups (broad SMARTS) is 1. The molecule has 0 atom stereocenters. The molecule has 1 heterocycles. The number of benzene rings is 1. The minimum Gasteiger partial charge on any atom is -0.465 e. The smallest absolute Gasteiger partial charge is 0.407 e. The van der Waals surface area contributed by atoms with Crippen LogP contribution in [0.15, 0.2) is 34.8 Å². The predicted molar refractivity (Wildman–Crippen MR) is 66.3 cm³/mol. The number of amides is 1. The van der Waals surface area contributed by atoms with Crippen LogP contribution >= 0.6 is 15.9 Å².